The van der Waals surface area contributed by atoms with Crippen molar-refractivity contribution in [2.45, 2.75) is 6.42 Å². The number of ketones is 2. The van der Waals surface area contributed by atoms with Crippen molar-refractivity contribution >= 4 is 23.8 Å². The normalized spacial score (nSPS) is 13.4. The Balaban J connectivity index is 1.79. The molecule has 0 radical (unpaired) electrons. The molecule has 140 valence electrons. The molecular formula is C20H20N2O4S. The van der Waals surface area contributed by atoms with Gasteiger partial charge in [0.25, 0.3) is 0 Å². The van der Waals surface area contributed by atoms with Gasteiger partial charge in [0, 0.05) is 31.4 Å². The largest absolute Gasteiger partial charge is 0.405 e. The van der Waals surface area contributed by atoms with Crippen molar-refractivity contribution in [3.05, 3.63) is 77.1 Å². The summed E-state index contributed by atoms with van der Waals surface area (Å²) in [6.45, 7) is 1.08. The molecule has 2 N–H and O–H groups in total. The lowest BCUT2D eigenvalue weighted by molar-refractivity contribution is 0.0965. The Morgan fingerprint density at radius 1 is 0.889 bits per heavy atom. The highest BCUT2D eigenvalue weighted by atomic mass is 32.2. The number of methoxy groups -OCH3 is 1. The van der Waals surface area contributed by atoms with Crippen LogP contribution in [0.3, 0.4) is 0 Å². The number of fused-ring (bicyclic) bond motifs is 1. The third kappa shape index (κ3) is 4.50. The number of rotatable bonds is 9. The molecule has 0 spiro atoms. The van der Waals surface area contributed by atoms with E-state index in [0.717, 1.165) is 12.2 Å². The van der Waals surface area contributed by atoms with Crippen LogP contribution in [0, 0.1) is 0 Å². The summed E-state index contributed by atoms with van der Waals surface area (Å²) in [5, 5.41) is 3.07. The van der Waals surface area contributed by atoms with Crippen LogP contribution in [0.4, 0.5) is 0 Å². The van der Waals surface area contributed by atoms with E-state index in [2.05, 4.69) is 10.0 Å². The third-order valence-electron chi connectivity index (χ3n) is 3.97. The van der Waals surface area contributed by atoms with Crippen LogP contribution in [0.15, 0.2) is 66.0 Å². The van der Waals surface area contributed by atoms with Crippen LogP contribution in [0.25, 0.3) is 0 Å². The predicted octanol–water partition coefficient (Wildman–Crippen LogP) is 3.14. The van der Waals surface area contributed by atoms with Crippen LogP contribution >= 0.6 is 12.2 Å². The lowest BCUT2D eigenvalue weighted by Gasteiger charge is -2.22. The van der Waals surface area contributed by atoms with E-state index in [0.29, 0.717) is 36.4 Å². The smallest absolute Gasteiger partial charge is 0.212 e. The fraction of sp³-hybridized carbons (Fsp3) is 0.200. The topological polar surface area (TPSA) is 76.7 Å². The quantitative estimate of drug-likeness (QED) is 0.391. The second-order valence-corrected chi connectivity index (χ2v) is 6.35. The van der Waals surface area contributed by atoms with Crippen LogP contribution < -0.4 is 14.2 Å². The summed E-state index contributed by atoms with van der Waals surface area (Å²) < 4.78 is 13.5. The van der Waals surface area contributed by atoms with Gasteiger partial charge in [-0.05, 0) is 18.6 Å². The maximum absolute atomic E-state index is 12.9. The summed E-state index contributed by atoms with van der Waals surface area (Å²) >= 11 is 0.895. The van der Waals surface area contributed by atoms with Gasteiger partial charge in [-0.25, -0.2) is 0 Å². The zero-order valence-corrected chi connectivity index (χ0v) is 15.7. The first kappa shape index (κ1) is 19.0. The summed E-state index contributed by atoms with van der Waals surface area (Å²) in [7, 11) is 1.62. The fourth-order valence-corrected chi connectivity index (χ4v) is 3.19. The van der Waals surface area contributed by atoms with E-state index in [4.69, 9.17) is 8.92 Å². The Bertz CT molecular complexity index is 852. The van der Waals surface area contributed by atoms with Crippen molar-refractivity contribution in [2.75, 3.05) is 20.3 Å². The molecule has 0 aliphatic heterocycles. The minimum absolute atomic E-state index is 0.192. The number of carbonyl (C=O) groups is 2. The summed E-state index contributed by atoms with van der Waals surface area (Å²) in [5.41, 5.74) is 1.22. The van der Waals surface area contributed by atoms with Crippen molar-refractivity contribution in [1.82, 2.24) is 10.0 Å². The Kier molecular flexibility index (Phi) is 6.51. The molecule has 3 rings (SSSR count). The number of Topliss-reactive ketones (excluding diaryl/α,β-unsaturated/α-hetero) is 2. The Morgan fingerprint density at radius 3 is 2.19 bits per heavy atom. The van der Waals surface area contributed by atoms with Gasteiger partial charge in [-0.15, -0.1) is 0 Å². The summed E-state index contributed by atoms with van der Waals surface area (Å²) in [5.74, 6) is 0.175. The molecule has 2 aromatic carbocycles. The molecule has 7 heteroatoms. The molecule has 0 atom stereocenters. The minimum atomic E-state index is -0.247. The first-order valence-electron chi connectivity index (χ1n) is 8.52. The zero-order valence-electron chi connectivity index (χ0n) is 14.9. The van der Waals surface area contributed by atoms with Crippen molar-refractivity contribution < 1.29 is 18.5 Å². The number of benzene rings is 2. The van der Waals surface area contributed by atoms with Crippen molar-refractivity contribution in [2.24, 2.45) is 0 Å². The van der Waals surface area contributed by atoms with Crippen LogP contribution in [0.5, 0.6) is 5.75 Å². The molecule has 6 nitrogen and oxygen atoms in total. The van der Waals surface area contributed by atoms with Crippen molar-refractivity contribution in [3.8, 4) is 5.75 Å². The minimum Gasteiger partial charge on any atom is -0.405 e. The number of carbonyl (C=O) groups excluding carboxylic acids is 2. The molecule has 0 bridgehead atoms. The van der Waals surface area contributed by atoms with Crippen molar-refractivity contribution in [1.29, 1.82) is 0 Å². The highest BCUT2D eigenvalue weighted by Gasteiger charge is 2.32. The average Bonchev–Trinajstić information content (AvgIpc) is 2.71. The van der Waals surface area contributed by atoms with E-state index in [1.54, 1.807) is 43.5 Å². The van der Waals surface area contributed by atoms with Gasteiger partial charge in [0.2, 0.25) is 11.6 Å². The van der Waals surface area contributed by atoms with Gasteiger partial charge in [-0.3, -0.25) is 14.3 Å². The van der Waals surface area contributed by atoms with Gasteiger partial charge < -0.3 is 14.2 Å². The van der Waals surface area contributed by atoms with E-state index in [1.807, 2.05) is 18.2 Å². The predicted molar refractivity (Wildman–Crippen MR) is 104 cm³/mol. The second-order valence-electron chi connectivity index (χ2n) is 5.81. The van der Waals surface area contributed by atoms with Gasteiger partial charge in [-0.1, -0.05) is 42.5 Å². The van der Waals surface area contributed by atoms with Gasteiger partial charge in [0.15, 0.2) is 12.2 Å². The molecule has 1 aliphatic rings. The highest BCUT2D eigenvalue weighted by molar-refractivity contribution is 7.93. The number of nitrogens with one attached hydrogen (secondary N) is 2. The van der Waals surface area contributed by atoms with Crippen LogP contribution in [-0.2, 0) is 4.74 Å². The number of ether oxygens (including phenoxy) is 1. The van der Waals surface area contributed by atoms with Crippen molar-refractivity contribution in [3.63, 3.8) is 0 Å². The molecule has 0 unspecified atom stereocenters. The lowest BCUT2D eigenvalue weighted by atomic mass is 9.90. The van der Waals surface area contributed by atoms with Crippen LogP contribution in [0.2, 0.25) is 0 Å². The number of hydrogen-bond donors (Lipinski definition) is 2. The third-order valence-corrected chi connectivity index (χ3v) is 4.54. The maximum atomic E-state index is 12.9. The lowest BCUT2D eigenvalue weighted by Crippen LogP contribution is -2.35. The molecule has 0 saturated heterocycles. The number of para-hydroxylation sites is 1. The number of hydrogen-bond acceptors (Lipinski definition) is 7. The SMILES string of the molecule is COCCCNC1=C(NSOc2ccccc2)C(=O)c2ccccc2C1=O. The molecule has 2 aromatic rings. The molecule has 0 heterocycles. The van der Waals surface area contributed by atoms with Gasteiger partial charge >= 0.3 is 0 Å². The molecule has 0 saturated carbocycles. The first-order chi connectivity index (χ1) is 13.2. The standard InChI is InChI=1S/C20H20N2O4S/c1-25-13-7-12-21-17-18(22-27-26-14-8-3-2-4-9-14)20(24)16-11-6-5-10-15(16)19(17)23/h2-6,8-11,21-22H,7,12-13H2,1H3. The average molecular weight is 384 g/mol. The van der Waals surface area contributed by atoms with Gasteiger partial charge in [-0.2, -0.15) is 0 Å². The van der Waals surface area contributed by atoms with Crippen LogP contribution in [-0.4, -0.2) is 31.8 Å². The van der Waals surface area contributed by atoms with E-state index >= 15 is 0 Å². The van der Waals surface area contributed by atoms with E-state index in [-0.39, 0.29) is 23.0 Å². The van der Waals surface area contributed by atoms with E-state index in [9.17, 15) is 9.59 Å². The van der Waals surface area contributed by atoms with E-state index < -0.39 is 0 Å². The number of allylic oxidation sites excluding steroid dienone is 2. The Labute approximate surface area is 162 Å². The Morgan fingerprint density at radius 2 is 1.52 bits per heavy atom. The zero-order chi connectivity index (χ0) is 19.1. The maximum Gasteiger partial charge on any atom is 0.212 e. The van der Waals surface area contributed by atoms with E-state index in [1.165, 1.54) is 0 Å². The molecule has 0 amide bonds. The molecule has 0 fully saturated rings. The molecule has 0 aromatic heterocycles. The summed E-state index contributed by atoms with van der Waals surface area (Å²) in [4.78, 5) is 25.8. The molecule has 1 aliphatic carbocycles. The summed E-state index contributed by atoms with van der Waals surface area (Å²) in [6.07, 6.45) is 0.712. The fourth-order valence-electron chi connectivity index (χ4n) is 2.66. The van der Waals surface area contributed by atoms with Gasteiger partial charge in [0.1, 0.15) is 17.1 Å². The van der Waals surface area contributed by atoms with Gasteiger partial charge in [0.05, 0.1) is 0 Å². The Hall–Kier alpha value is -2.77. The molecule has 27 heavy (non-hydrogen) atoms. The summed E-state index contributed by atoms with van der Waals surface area (Å²) in [6, 6.07) is 16.0. The monoisotopic (exact) mass is 384 g/mol. The highest BCUT2D eigenvalue weighted by Crippen LogP contribution is 2.25. The molecular weight excluding hydrogens is 364 g/mol. The second kappa shape index (κ2) is 9.25. The van der Waals surface area contributed by atoms with Crippen LogP contribution in [0.1, 0.15) is 27.1 Å². The first-order valence-corrected chi connectivity index (χ1v) is 9.26.